The van der Waals surface area contributed by atoms with Crippen LogP contribution in [0.15, 0.2) is 0 Å². The summed E-state index contributed by atoms with van der Waals surface area (Å²) in [6.45, 7) is 12.6. The Morgan fingerprint density at radius 1 is 1.12 bits per heavy atom. The highest BCUT2D eigenvalue weighted by atomic mass is 16.5. The predicted molar refractivity (Wildman–Crippen MR) is 64.6 cm³/mol. The largest absolute Gasteiger partial charge is 0.379 e. The van der Waals surface area contributed by atoms with E-state index in [0.29, 0.717) is 6.04 Å². The molecule has 2 rings (SSSR count). The van der Waals surface area contributed by atoms with E-state index in [0.717, 1.165) is 26.1 Å². The Morgan fingerprint density at radius 2 is 1.81 bits per heavy atom. The van der Waals surface area contributed by atoms with Crippen LogP contribution in [0.3, 0.4) is 0 Å². The van der Waals surface area contributed by atoms with Gasteiger partial charge in [0.25, 0.3) is 0 Å². The summed E-state index contributed by atoms with van der Waals surface area (Å²) in [5.41, 5.74) is 0.0256. The minimum absolute atomic E-state index is 0.0169. The van der Waals surface area contributed by atoms with Crippen LogP contribution in [-0.4, -0.2) is 36.0 Å². The third kappa shape index (κ3) is 2.41. The minimum Gasteiger partial charge on any atom is -0.379 e. The van der Waals surface area contributed by atoms with Gasteiger partial charge in [-0.3, -0.25) is 0 Å². The molecule has 0 radical (unpaired) electrons. The van der Waals surface area contributed by atoms with Crippen LogP contribution in [0.4, 0.5) is 0 Å². The lowest BCUT2D eigenvalue weighted by Gasteiger charge is -2.34. The molecule has 0 spiro atoms. The summed E-state index contributed by atoms with van der Waals surface area (Å²) in [7, 11) is 0. The van der Waals surface area contributed by atoms with Crippen molar-refractivity contribution in [3.8, 4) is 0 Å². The van der Waals surface area contributed by atoms with Gasteiger partial charge in [-0.1, -0.05) is 0 Å². The molecule has 2 fully saturated rings. The fourth-order valence-corrected chi connectivity index (χ4v) is 2.99. The van der Waals surface area contributed by atoms with E-state index in [1.54, 1.807) is 0 Å². The molecule has 0 aliphatic carbocycles. The lowest BCUT2D eigenvalue weighted by atomic mass is 9.90. The number of hydrogen-bond donors (Lipinski definition) is 1. The maximum atomic E-state index is 6.10. The summed E-state index contributed by atoms with van der Waals surface area (Å²) >= 11 is 0. The molecule has 0 saturated carbocycles. The average Bonchev–Trinajstić information content (AvgIpc) is 2.55. The summed E-state index contributed by atoms with van der Waals surface area (Å²) in [4.78, 5) is 0. The first-order valence-electron chi connectivity index (χ1n) is 6.28. The van der Waals surface area contributed by atoms with Crippen molar-refractivity contribution in [1.29, 1.82) is 0 Å². The van der Waals surface area contributed by atoms with E-state index in [4.69, 9.17) is 9.47 Å². The minimum atomic E-state index is -0.0882. The maximum absolute atomic E-state index is 6.10. The second-order valence-electron chi connectivity index (χ2n) is 6.73. The molecule has 0 aromatic rings. The fraction of sp³-hybridized carbons (Fsp3) is 1.00. The first kappa shape index (κ1) is 12.3. The average molecular weight is 227 g/mol. The zero-order valence-electron chi connectivity index (χ0n) is 11.2. The SMILES string of the molecule is CC1(NC2CC(C)(C)OC2(C)C)CCOC1. The highest BCUT2D eigenvalue weighted by Crippen LogP contribution is 2.38. The van der Waals surface area contributed by atoms with Crippen molar-refractivity contribution in [2.45, 2.75) is 70.2 Å². The summed E-state index contributed by atoms with van der Waals surface area (Å²) in [6.07, 6.45) is 2.16. The van der Waals surface area contributed by atoms with Crippen LogP contribution in [0.25, 0.3) is 0 Å². The summed E-state index contributed by atoms with van der Waals surface area (Å²) in [6, 6.07) is 0.411. The molecule has 0 aromatic carbocycles. The molecular formula is C13H25NO2. The van der Waals surface area contributed by atoms with Gasteiger partial charge in [-0.05, 0) is 47.5 Å². The second-order valence-corrected chi connectivity index (χ2v) is 6.73. The highest BCUT2D eigenvalue weighted by Gasteiger charge is 2.48. The number of nitrogens with one attached hydrogen (secondary N) is 1. The lowest BCUT2D eigenvalue weighted by molar-refractivity contribution is -0.0716. The van der Waals surface area contributed by atoms with Crippen molar-refractivity contribution >= 4 is 0 Å². The van der Waals surface area contributed by atoms with Gasteiger partial charge in [-0.2, -0.15) is 0 Å². The van der Waals surface area contributed by atoms with Gasteiger partial charge in [0.1, 0.15) is 0 Å². The quantitative estimate of drug-likeness (QED) is 0.783. The summed E-state index contributed by atoms with van der Waals surface area (Å²) < 4.78 is 11.6. The summed E-state index contributed by atoms with van der Waals surface area (Å²) in [5.74, 6) is 0. The molecule has 1 N–H and O–H groups in total. The van der Waals surface area contributed by atoms with Gasteiger partial charge in [-0.15, -0.1) is 0 Å². The Labute approximate surface area is 98.9 Å². The normalized spacial score (nSPS) is 41.4. The molecule has 94 valence electrons. The zero-order chi connectivity index (χ0) is 12.0. The third-order valence-electron chi connectivity index (χ3n) is 3.82. The van der Waals surface area contributed by atoms with E-state index < -0.39 is 0 Å². The number of ether oxygens (including phenoxy) is 2. The molecule has 2 unspecified atom stereocenters. The second kappa shape index (κ2) is 3.69. The molecular weight excluding hydrogens is 202 g/mol. The van der Waals surface area contributed by atoms with Crippen molar-refractivity contribution in [2.75, 3.05) is 13.2 Å². The Morgan fingerprint density at radius 3 is 2.25 bits per heavy atom. The molecule has 3 heteroatoms. The Balaban J connectivity index is 2.04. The fourth-order valence-electron chi connectivity index (χ4n) is 2.99. The number of hydrogen-bond acceptors (Lipinski definition) is 3. The smallest absolute Gasteiger partial charge is 0.0787 e. The van der Waals surface area contributed by atoms with E-state index >= 15 is 0 Å². The molecule has 2 heterocycles. The van der Waals surface area contributed by atoms with Crippen LogP contribution in [0.1, 0.15) is 47.5 Å². The van der Waals surface area contributed by atoms with Crippen molar-refractivity contribution < 1.29 is 9.47 Å². The lowest BCUT2D eigenvalue weighted by Crippen LogP contribution is -2.54. The Kier molecular flexibility index (Phi) is 2.84. The predicted octanol–water partition coefficient (Wildman–Crippen LogP) is 2.10. The molecule has 0 amide bonds. The standard InChI is InChI=1S/C13H25NO2/c1-11(2)8-10(12(3,4)16-11)14-13(5)6-7-15-9-13/h10,14H,6-9H2,1-5H3. The van der Waals surface area contributed by atoms with E-state index in [1.807, 2.05) is 0 Å². The van der Waals surface area contributed by atoms with Gasteiger partial charge in [-0.25, -0.2) is 0 Å². The molecule has 2 aliphatic heterocycles. The van der Waals surface area contributed by atoms with Crippen LogP contribution in [0.2, 0.25) is 0 Å². The van der Waals surface area contributed by atoms with Gasteiger partial charge in [0.2, 0.25) is 0 Å². The van der Waals surface area contributed by atoms with Gasteiger partial charge in [0, 0.05) is 18.2 Å². The van der Waals surface area contributed by atoms with E-state index in [2.05, 4.69) is 39.9 Å². The van der Waals surface area contributed by atoms with Gasteiger partial charge >= 0.3 is 0 Å². The van der Waals surface area contributed by atoms with E-state index in [-0.39, 0.29) is 16.7 Å². The molecule has 0 bridgehead atoms. The van der Waals surface area contributed by atoms with Crippen molar-refractivity contribution in [2.24, 2.45) is 0 Å². The van der Waals surface area contributed by atoms with Crippen molar-refractivity contribution in [3.05, 3.63) is 0 Å². The van der Waals surface area contributed by atoms with Crippen LogP contribution in [0, 0.1) is 0 Å². The maximum Gasteiger partial charge on any atom is 0.0787 e. The summed E-state index contributed by atoms with van der Waals surface area (Å²) in [5, 5.41) is 3.75. The third-order valence-corrected chi connectivity index (χ3v) is 3.82. The first-order chi connectivity index (χ1) is 7.23. The van der Waals surface area contributed by atoms with Gasteiger partial charge in [0.05, 0.1) is 17.8 Å². The van der Waals surface area contributed by atoms with Crippen molar-refractivity contribution in [1.82, 2.24) is 5.32 Å². The molecule has 2 atom stereocenters. The van der Waals surface area contributed by atoms with Crippen LogP contribution < -0.4 is 5.32 Å². The Bertz CT molecular complexity index is 267. The van der Waals surface area contributed by atoms with Gasteiger partial charge < -0.3 is 14.8 Å². The Hall–Kier alpha value is -0.120. The highest BCUT2D eigenvalue weighted by molar-refractivity contribution is 5.03. The van der Waals surface area contributed by atoms with Crippen LogP contribution in [-0.2, 0) is 9.47 Å². The van der Waals surface area contributed by atoms with Crippen molar-refractivity contribution in [3.63, 3.8) is 0 Å². The number of rotatable bonds is 2. The molecule has 16 heavy (non-hydrogen) atoms. The molecule has 0 aromatic heterocycles. The van der Waals surface area contributed by atoms with E-state index in [9.17, 15) is 0 Å². The van der Waals surface area contributed by atoms with E-state index in [1.165, 1.54) is 0 Å². The first-order valence-corrected chi connectivity index (χ1v) is 6.28. The van der Waals surface area contributed by atoms with Crippen LogP contribution >= 0.6 is 0 Å². The topological polar surface area (TPSA) is 30.5 Å². The molecule has 2 saturated heterocycles. The molecule has 2 aliphatic rings. The molecule has 3 nitrogen and oxygen atoms in total. The van der Waals surface area contributed by atoms with Gasteiger partial charge in [0.15, 0.2) is 0 Å². The van der Waals surface area contributed by atoms with Crippen LogP contribution in [0.5, 0.6) is 0 Å². The zero-order valence-corrected chi connectivity index (χ0v) is 11.2. The monoisotopic (exact) mass is 227 g/mol.